The summed E-state index contributed by atoms with van der Waals surface area (Å²) in [4.78, 5) is 17.3. The van der Waals surface area contributed by atoms with Crippen LogP contribution in [0.15, 0.2) is 40.9 Å². The van der Waals surface area contributed by atoms with E-state index in [2.05, 4.69) is 10.1 Å². The number of nitriles is 1. The molecule has 152 valence electrons. The second kappa shape index (κ2) is 8.29. The first-order valence-electron chi connectivity index (χ1n) is 9.19. The van der Waals surface area contributed by atoms with Gasteiger partial charge in [0.15, 0.2) is 6.10 Å². The lowest BCUT2D eigenvalue weighted by atomic mass is 10.1. The summed E-state index contributed by atoms with van der Waals surface area (Å²) in [5, 5.41) is 13.4. The Bertz CT molecular complexity index is 1120. The van der Waals surface area contributed by atoms with Gasteiger partial charge >= 0.3 is 0 Å². The number of carbonyl (C=O) groups excluding carboxylic acids is 1. The fraction of sp³-hybridized carbons (Fsp3) is 0.238. The molecule has 1 aromatic heterocycles. The summed E-state index contributed by atoms with van der Waals surface area (Å²) >= 11 is 0. The van der Waals surface area contributed by atoms with Crippen LogP contribution in [0.3, 0.4) is 0 Å². The van der Waals surface area contributed by atoms with Gasteiger partial charge in [0.1, 0.15) is 31.5 Å². The molecule has 2 aromatic carbocycles. The second-order valence-electron chi connectivity index (χ2n) is 6.68. The number of anilines is 2. The second-order valence-corrected chi connectivity index (χ2v) is 6.68. The summed E-state index contributed by atoms with van der Waals surface area (Å²) in [7, 11) is 0. The van der Waals surface area contributed by atoms with E-state index in [4.69, 9.17) is 9.26 Å². The van der Waals surface area contributed by atoms with E-state index in [0.29, 0.717) is 23.6 Å². The first-order valence-corrected chi connectivity index (χ1v) is 9.19. The van der Waals surface area contributed by atoms with Crippen molar-refractivity contribution in [1.82, 2.24) is 10.1 Å². The highest BCUT2D eigenvalue weighted by molar-refractivity contribution is 5.78. The number of rotatable bonds is 7. The molecule has 0 amide bonds. The molecule has 0 N–H and O–H groups in total. The van der Waals surface area contributed by atoms with Crippen molar-refractivity contribution in [3.05, 3.63) is 53.1 Å². The van der Waals surface area contributed by atoms with Crippen molar-refractivity contribution in [3.8, 4) is 23.3 Å². The molecule has 0 atom stereocenters. The van der Waals surface area contributed by atoms with Crippen molar-refractivity contribution in [2.75, 3.05) is 24.8 Å². The van der Waals surface area contributed by atoms with Crippen LogP contribution in [0.2, 0.25) is 0 Å². The number of ether oxygens (including phenoxy) is 1. The highest BCUT2D eigenvalue weighted by Crippen LogP contribution is 2.35. The molecule has 0 bridgehead atoms. The van der Waals surface area contributed by atoms with Crippen LogP contribution in [0.1, 0.15) is 21.5 Å². The van der Waals surface area contributed by atoms with Crippen LogP contribution in [-0.4, -0.2) is 42.4 Å². The van der Waals surface area contributed by atoms with Gasteiger partial charge in [0, 0.05) is 23.4 Å². The molecule has 1 aliphatic rings. The van der Waals surface area contributed by atoms with E-state index in [0.717, 1.165) is 24.0 Å². The third-order valence-corrected chi connectivity index (χ3v) is 4.78. The number of hydrogen-bond donors (Lipinski definition) is 0. The molecular weight excluding hydrogens is 394 g/mol. The van der Waals surface area contributed by atoms with E-state index in [-0.39, 0.29) is 17.2 Å². The van der Waals surface area contributed by atoms with Crippen LogP contribution in [0.25, 0.3) is 11.5 Å². The monoisotopic (exact) mass is 410 g/mol. The first kappa shape index (κ1) is 19.5. The number of halogens is 2. The third-order valence-electron chi connectivity index (χ3n) is 4.78. The molecule has 9 heteroatoms. The molecule has 2 heterocycles. The van der Waals surface area contributed by atoms with E-state index >= 15 is 0 Å². The quantitative estimate of drug-likeness (QED) is 0.547. The van der Waals surface area contributed by atoms with E-state index < -0.39 is 19.5 Å². The number of carbonyl (C=O) groups is 1. The van der Waals surface area contributed by atoms with Gasteiger partial charge in [0.2, 0.25) is 0 Å². The molecular formula is C21H16F2N4O3. The Morgan fingerprint density at radius 1 is 1.27 bits per heavy atom. The zero-order chi connectivity index (χ0) is 21.1. The topological polar surface area (TPSA) is 92.2 Å². The van der Waals surface area contributed by atoms with Gasteiger partial charge in [-0.1, -0.05) is 0 Å². The molecule has 0 fully saturated rings. The Balaban J connectivity index is 1.59. The van der Waals surface area contributed by atoms with E-state index in [1.54, 1.807) is 12.1 Å². The average molecular weight is 410 g/mol. The molecule has 3 aromatic rings. The number of fused-ring (bicyclic) bond motifs is 1. The first-order chi connectivity index (χ1) is 14.7. The van der Waals surface area contributed by atoms with Gasteiger partial charge in [-0.2, -0.15) is 10.2 Å². The van der Waals surface area contributed by atoms with E-state index in [9.17, 15) is 18.8 Å². The number of hydrogen-bond acceptors (Lipinski definition) is 7. The summed E-state index contributed by atoms with van der Waals surface area (Å²) in [6.45, 7) is -1.36. The lowest BCUT2D eigenvalue weighted by Gasteiger charge is -2.14. The molecule has 0 radical (unpaired) electrons. The fourth-order valence-corrected chi connectivity index (χ4v) is 3.28. The number of aldehydes is 1. The van der Waals surface area contributed by atoms with E-state index in [1.165, 1.54) is 12.1 Å². The zero-order valence-corrected chi connectivity index (χ0v) is 15.7. The van der Waals surface area contributed by atoms with Gasteiger partial charge in [-0.05, 0) is 53.5 Å². The lowest BCUT2D eigenvalue weighted by molar-refractivity contribution is 0.112. The molecule has 0 unspecified atom stereocenters. The Labute approximate surface area is 170 Å². The maximum atomic E-state index is 12.7. The number of benzene rings is 2. The van der Waals surface area contributed by atoms with Crippen molar-refractivity contribution >= 4 is 17.9 Å². The van der Waals surface area contributed by atoms with Gasteiger partial charge in [0.25, 0.3) is 11.8 Å². The number of alkyl halides is 2. The minimum atomic E-state index is -1.26. The molecule has 7 nitrogen and oxygen atoms in total. The summed E-state index contributed by atoms with van der Waals surface area (Å²) < 4.78 is 36.0. The van der Waals surface area contributed by atoms with Gasteiger partial charge < -0.3 is 14.2 Å². The Kier molecular flexibility index (Phi) is 5.39. The minimum absolute atomic E-state index is 0.0840. The summed E-state index contributed by atoms with van der Waals surface area (Å²) in [5.74, 6) is 0.635. The highest BCUT2D eigenvalue weighted by Gasteiger charge is 2.25. The van der Waals surface area contributed by atoms with Crippen LogP contribution >= 0.6 is 0 Å². The highest BCUT2D eigenvalue weighted by atomic mass is 19.1. The van der Waals surface area contributed by atoms with Crippen molar-refractivity contribution in [3.63, 3.8) is 0 Å². The van der Waals surface area contributed by atoms with Gasteiger partial charge in [-0.25, -0.2) is 8.78 Å². The number of aromatic nitrogens is 2. The molecule has 4 rings (SSSR count). The van der Waals surface area contributed by atoms with Gasteiger partial charge in [0.05, 0.1) is 5.56 Å². The predicted molar refractivity (Wildman–Crippen MR) is 103 cm³/mol. The van der Waals surface area contributed by atoms with Crippen LogP contribution < -0.4 is 9.64 Å². The molecule has 0 aliphatic carbocycles. The minimum Gasteiger partial charge on any atom is -0.484 e. The summed E-state index contributed by atoms with van der Waals surface area (Å²) in [6.07, 6.45) is 0.294. The third kappa shape index (κ3) is 3.59. The fourth-order valence-electron chi connectivity index (χ4n) is 3.28. The molecule has 1 aliphatic heterocycles. The Hall–Kier alpha value is -3.80. The predicted octanol–water partition coefficient (Wildman–Crippen LogP) is 3.80. The summed E-state index contributed by atoms with van der Waals surface area (Å²) in [6, 6.07) is 11.8. The summed E-state index contributed by atoms with van der Waals surface area (Å²) in [5.41, 5.74) is 3.11. The largest absolute Gasteiger partial charge is 0.484 e. The SMILES string of the molecule is N#Cc1cc(-c2nc(N3CCc4cc(C=O)ccc43)no2)ccc1OC(CF)CF. The Morgan fingerprint density at radius 3 is 2.83 bits per heavy atom. The van der Waals surface area contributed by atoms with Crippen molar-refractivity contribution in [1.29, 1.82) is 5.26 Å². The van der Waals surface area contributed by atoms with Crippen molar-refractivity contribution in [2.24, 2.45) is 0 Å². The van der Waals surface area contributed by atoms with Gasteiger partial charge in [-0.15, -0.1) is 0 Å². The van der Waals surface area contributed by atoms with E-state index in [1.807, 2.05) is 23.1 Å². The van der Waals surface area contributed by atoms with Crippen LogP contribution in [0, 0.1) is 11.3 Å². The maximum absolute atomic E-state index is 12.7. The van der Waals surface area contributed by atoms with Crippen LogP contribution in [0.4, 0.5) is 20.4 Å². The average Bonchev–Trinajstić information content (AvgIpc) is 3.44. The van der Waals surface area contributed by atoms with Crippen LogP contribution in [0.5, 0.6) is 5.75 Å². The van der Waals surface area contributed by atoms with Gasteiger partial charge in [-0.3, -0.25) is 4.79 Å². The molecule has 0 saturated heterocycles. The van der Waals surface area contributed by atoms with Crippen molar-refractivity contribution in [2.45, 2.75) is 12.5 Å². The normalized spacial score (nSPS) is 12.7. The number of nitrogens with zero attached hydrogens (tertiary/aromatic N) is 4. The maximum Gasteiger partial charge on any atom is 0.270 e. The van der Waals surface area contributed by atoms with Crippen LogP contribution in [-0.2, 0) is 6.42 Å². The lowest BCUT2D eigenvalue weighted by Crippen LogP contribution is -2.21. The molecule has 30 heavy (non-hydrogen) atoms. The molecule has 0 spiro atoms. The zero-order valence-electron chi connectivity index (χ0n) is 15.7. The molecule has 0 saturated carbocycles. The van der Waals surface area contributed by atoms with Crippen molar-refractivity contribution < 1.29 is 22.8 Å². The standard InChI is InChI=1S/C21H16F2N4O3/c22-9-17(10-23)29-19-4-2-15(8-16(19)11-24)20-25-21(26-30-20)27-6-5-14-7-13(12-28)1-3-18(14)27/h1-4,7-8,12,17H,5-6,9-10H2. The Morgan fingerprint density at radius 2 is 2.10 bits per heavy atom. The smallest absolute Gasteiger partial charge is 0.270 e.